The monoisotopic (exact) mass is 312 g/mol. The fourth-order valence-corrected chi connectivity index (χ4v) is 2.20. The van der Waals surface area contributed by atoms with Gasteiger partial charge in [-0.1, -0.05) is 39.0 Å². The Labute approximate surface area is 130 Å². The van der Waals surface area contributed by atoms with E-state index in [2.05, 4.69) is 6.58 Å². The van der Waals surface area contributed by atoms with Crippen LogP contribution in [0, 0.1) is 5.41 Å². The fourth-order valence-electron chi connectivity index (χ4n) is 2.20. The molecule has 1 atom stereocenters. The molecule has 1 aromatic rings. The third kappa shape index (κ3) is 5.32. The van der Waals surface area contributed by atoms with Crippen molar-refractivity contribution in [1.82, 2.24) is 0 Å². The van der Waals surface area contributed by atoms with E-state index in [0.717, 1.165) is 17.7 Å². The van der Waals surface area contributed by atoms with Gasteiger partial charge in [-0.3, -0.25) is 4.79 Å². The Kier molecular flexibility index (Phi) is 5.98. The molecule has 0 N–H and O–H groups in total. The van der Waals surface area contributed by atoms with E-state index in [1.54, 1.807) is 6.08 Å². The SMILES string of the molecule is C=CC(CCCC(=O)C(C)(C)C)c1ccc(C(F)(F)F)cc1. The first-order chi connectivity index (χ1) is 10.1. The van der Waals surface area contributed by atoms with Crippen molar-refractivity contribution >= 4 is 5.78 Å². The molecular weight excluding hydrogens is 289 g/mol. The van der Waals surface area contributed by atoms with E-state index in [1.807, 2.05) is 20.8 Å². The summed E-state index contributed by atoms with van der Waals surface area (Å²) in [6, 6.07) is 5.15. The second-order valence-corrected chi connectivity index (χ2v) is 6.53. The highest BCUT2D eigenvalue weighted by atomic mass is 19.4. The van der Waals surface area contributed by atoms with Crippen molar-refractivity contribution < 1.29 is 18.0 Å². The molecule has 0 saturated heterocycles. The summed E-state index contributed by atoms with van der Waals surface area (Å²) < 4.78 is 37.6. The van der Waals surface area contributed by atoms with Crippen LogP contribution in [-0.4, -0.2) is 5.78 Å². The molecule has 22 heavy (non-hydrogen) atoms. The maximum absolute atomic E-state index is 12.5. The lowest BCUT2D eigenvalue weighted by Crippen LogP contribution is -2.19. The lowest BCUT2D eigenvalue weighted by molar-refractivity contribution is -0.137. The van der Waals surface area contributed by atoms with Crippen LogP contribution in [0.1, 0.15) is 57.1 Å². The van der Waals surface area contributed by atoms with Crippen molar-refractivity contribution in [2.24, 2.45) is 5.41 Å². The Morgan fingerprint density at radius 3 is 2.14 bits per heavy atom. The molecule has 0 aliphatic carbocycles. The summed E-state index contributed by atoms with van der Waals surface area (Å²) in [5.41, 5.74) is -0.203. The first-order valence-corrected chi connectivity index (χ1v) is 7.38. The van der Waals surface area contributed by atoms with Gasteiger partial charge in [0.15, 0.2) is 0 Å². The summed E-state index contributed by atoms with van der Waals surface area (Å²) in [6.45, 7) is 9.40. The maximum atomic E-state index is 12.5. The van der Waals surface area contributed by atoms with Gasteiger partial charge < -0.3 is 0 Å². The van der Waals surface area contributed by atoms with Crippen LogP contribution in [-0.2, 0) is 11.0 Å². The molecule has 0 bridgehead atoms. The standard InChI is InChI=1S/C18H23F3O/c1-5-13(7-6-8-16(22)17(2,3)4)14-9-11-15(12-10-14)18(19,20)21/h5,9-13H,1,6-8H2,2-4H3. The number of allylic oxidation sites excluding steroid dienone is 1. The van der Waals surface area contributed by atoms with Crippen molar-refractivity contribution in [3.05, 3.63) is 48.0 Å². The molecule has 1 unspecified atom stereocenters. The van der Waals surface area contributed by atoms with E-state index in [4.69, 9.17) is 0 Å². The number of carbonyl (C=O) groups is 1. The number of rotatable bonds is 6. The van der Waals surface area contributed by atoms with Crippen molar-refractivity contribution in [3.63, 3.8) is 0 Å². The molecule has 0 fully saturated rings. The van der Waals surface area contributed by atoms with Gasteiger partial charge in [-0.2, -0.15) is 13.2 Å². The zero-order valence-corrected chi connectivity index (χ0v) is 13.3. The minimum Gasteiger partial charge on any atom is -0.299 e. The largest absolute Gasteiger partial charge is 0.416 e. The second-order valence-electron chi connectivity index (χ2n) is 6.53. The van der Waals surface area contributed by atoms with Crippen LogP contribution >= 0.6 is 0 Å². The molecule has 0 spiro atoms. The zero-order chi connectivity index (χ0) is 17.0. The predicted molar refractivity (Wildman–Crippen MR) is 82.7 cm³/mol. The molecule has 1 rings (SSSR count). The van der Waals surface area contributed by atoms with E-state index in [-0.39, 0.29) is 17.1 Å². The second kappa shape index (κ2) is 7.12. The van der Waals surface area contributed by atoms with Crippen LogP contribution < -0.4 is 0 Å². The summed E-state index contributed by atoms with van der Waals surface area (Å²) >= 11 is 0. The lowest BCUT2D eigenvalue weighted by Gasteiger charge is -2.18. The summed E-state index contributed by atoms with van der Waals surface area (Å²) in [5.74, 6) is 0.165. The Morgan fingerprint density at radius 1 is 1.18 bits per heavy atom. The van der Waals surface area contributed by atoms with Gasteiger partial charge in [0.1, 0.15) is 5.78 Å². The first-order valence-electron chi connectivity index (χ1n) is 7.38. The number of benzene rings is 1. The smallest absolute Gasteiger partial charge is 0.299 e. The molecule has 0 radical (unpaired) electrons. The van der Waals surface area contributed by atoms with Gasteiger partial charge in [0.05, 0.1) is 5.56 Å². The van der Waals surface area contributed by atoms with E-state index in [1.165, 1.54) is 12.1 Å². The minimum absolute atomic E-state index is 0.0324. The maximum Gasteiger partial charge on any atom is 0.416 e. The average Bonchev–Trinajstić information content (AvgIpc) is 2.41. The summed E-state index contributed by atoms with van der Waals surface area (Å²) in [4.78, 5) is 11.9. The van der Waals surface area contributed by atoms with Crippen molar-refractivity contribution in [1.29, 1.82) is 0 Å². The third-order valence-corrected chi connectivity index (χ3v) is 3.71. The Morgan fingerprint density at radius 2 is 1.73 bits per heavy atom. The number of hydrogen-bond donors (Lipinski definition) is 0. The van der Waals surface area contributed by atoms with Crippen LogP contribution in [0.15, 0.2) is 36.9 Å². The molecule has 0 heterocycles. The molecule has 0 saturated carbocycles. The van der Waals surface area contributed by atoms with E-state index >= 15 is 0 Å². The van der Waals surface area contributed by atoms with E-state index < -0.39 is 11.7 Å². The quantitative estimate of drug-likeness (QED) is 0.610. The number of ketones is 1. The van der Waals surface area contributed by atoms with Crippen molar-refractivity contribution in [2.75, 3.05) is 0 Å². The van der Waals surface area contributed by atoms with Gasteiger partial charge in [0, 0.05) is 17.8 Å². The molecule has 0 amide bonds. The predicted octanol–water partition coefficient (Wildman–Crippen LogP) is 5.76. The van der Waals surface area contributed by atoms with Crippen LogP contribution in [0.3, 0.4) is 0 Å². The van der Waals surface area contributed by atoms with Gasteiger partial charge in [-0.05, 0) is 30.5 Å². The Hall–Kier alpha value is -1.58. The summed E-state index contributed by atoms with van der Waals surface area (Å²) in [6.07, 6.45) is -0.704. The normalized spacial score (nSPS) is 13.7. The molecule has 1 nitrogen and oxygen atoms in total. The first kappa shape index (κ1) is 18.5. The van der Waals surface area contributed by atoms with Gasteiger partial charge in [-0.15, -0.1) is 6.58 Å². The molecule has 0 aliphatic heterocycles. The van der Waals surface area contributed by atoms with Gasteiger partial charge in [-0.25, -0.2) is 0 Å². The fraction of sp³-hybridized carbons (Fsp3) is 0.500. The van der Waals surface area contributed by atoms with E-state index in [9.17, 15) is 18.0 Å². The molecule has 1 aromatic carbocycles. The van der Waals surface area contributed by atoms with Crippen molar-refractivity contribution in [2.45, 2.75) is 52.1 Å². The van der Waals surface area contributed by atoms with Gasteiger partial charge >= 0.3 is 6.18 Å². The van der Waals surface area contributed by atoms with Gasteiger partial charge in [0.2, 0.25) is 0 Å². The highest BCUT2D eigenvalue weighted by molar-refractivity contribution is 5.83. The zero-order valence-electron chi connectivity index (χ0n) is 13.3. The Bertz CT molecular complexity index is 507. The van der Waals surface area contributed by atoms with Crippen LogP contribution in [0.4, 0.5) is 13.2 Å². The molecule has 0 aliphatic rings. The third-order valence-electron chi connectivity index (χ3n) is 3.71. The highest BCUT2D eigenvalue weighted by Crippen LogP contribution is 2.31. The van der Waals surface area contributed by atoms with Crippen molar-refractivity contribution in [3.8, 4) is 0 Å². The molecular formula is C18H23F3O. The molecule has 4 heteroatoms. The topological polar surface area (TPSA) is 17.1 Å². The van der Waals surface area contributed by atoms with Crippen LogP contribution in [0.2, 0.25) is 0 Å². The molecule has 0 aromatic heterocycles. The minimum atomic E-state index is -4.32. The number of alkyl halides is 3. The lowest BCUT2D eigenvalue weighted by atomic mass is 9.86. The number of Topliss-reactive ketones (excluding diaryl/α,β-unsaturated/α-hetero) is 1. The summed E-state index contributed by atoms with van der Waals surface area (Å²) in [5, 5.41) is 0. The van der Waals surface area contributed by atoms with E-state index in [0.29, 0.717) is 19.3 Å². The molecule has 122 valence electrons. The number of halogens is 3. The number of carbonyl (C=O) groups excluding carboxylic acids is 1. The van der Waals surface area contributed by atoms with Gasteiger partial charge in [0.25, 0.3) is 0 Å². The highest BCUT2D eigenvalue weighted by Gasteiger charge is 2.30. The van der Waals surface area contributed by atoms with Crippen LogP contribution in [0.5, 0.6) is 0 Å². The average molecular weight is 312 g/mol. The van der Waals surface area contributed by atoms with Crippen LogP contribution in [0.25, 0.3) is 0 Å². The summed E-state index contributed by atoms with van der Waals surface area (Å²) in [7, 11) is 0. The number of hydrogen-bond acceptors (Lipinski definition) is 1. The Balaban J connectivity index is 2.65.